The lowest BCUT2D eigenvalue weighted by atomic mass is 9.92. The normalized spacial score (nSPS) is 26.1. The Morgan fingerprint density at radius 2 is 2.31 bits per heavy atom. The Morgan fingerprint density at radius 1 is 1.38 bits per heavy atom. The standard InChI is InChI=1S/C13H16N2S/c1-9-2-4-11(14-7-9)10-3-5-13-12(6-10)15-8-16-13/h3,5-6,8-9,11,14H,2,4,7H2,1H3/t9-,11+/m0/s1. The van der Waals surface area contributed by atoms with Gasteiger partial charge in [0.25, 0.3) is 0 Å². The van der Waals surface area contributed by atoms with Gasteiger partial charge in [0.1, 0.15) is 0 Å². The molecule has 2 aromatic rings. The van der Waals surface area contributed by atoms with Gasteiger partial charge in [-0.1, -0.05) is 13.0 Å². The summed E-state index contributed by atoms with van der Waals surface area (Å²) in [6.45, 7) is 3.45. The Hall–Kier alpha value is -0.930. The third-order valence-corrected chi connectivity index (χ3v) is 4.23. The number of thiazole rings is 1. The van der Waals surface area contributed by atoms with E-state index in [0.29, 0.717) is 6.04 Å². The van der Waals surface area contributed by atoms with Crippen molar-refractivity contribution < 1.29 is 0 Å². The predicted octanol–water partition coefficient (Wildman–Crippen LogP) is 3.36. The molecule has 0 bridgehead atoms. The zero-order valence-corrected chi connectivity index (χ0v) is 10.3. The number of nitrogens with zero attached hydrogens (tertiary/aromatic N) is 1. The second-order valence-corrected chi connectivity index (χ2v) is 5.61. The minimum atomic E-state index is 0.530. The highest BCUT2D eigenvalue weighted by Crippen LogP contribution is 2.28. The highest BCUT2D eigenvalue weighted by molar-refractivity contribution is 7.16. The fourth-order valence-corrected chi connectivity index (χ4v) is 3.03. The summed E-state index contributed by atoms with van der Waals surface area (Å²) in [5, 5.41) is 3.62. The van der Waals surface area contributed by atoms with Gasteiger partial charge in [-0.05, 0) is 43.0 Å². The largest absolute Gasteiger partial charge is 0.310 e. The molecule has 1 aliphatic rings. The van der Waals surface area contributed by atoms with Gasteiger partial charge in [-0.3, -0.25) is 0 Å². The molecule has 1 aromatic heterocycles. The van der Waals surface area contributed by atoms with Crippen LogP contribution in [0.3, 0.4) is 0 Å². The lowest BCUT2D eigenvalue weighted by Crippen LogP contribution is -2.31. The van der Waals surface area contributed by atoms with Crippen LogP contribution >= 0.6 is 11.3 Å². The van der Waals surface area contributed by atoms with Crippen molar-refractivity contribution in [2.24, 2.45) is 5.92 Å². The molecular weight excluding hydrogens is 216 g/mol. The van der Waals surface area contributed by atoms with E-state index in [2.05, 4.69) is 35.4 Å². The molecule has 1 saturated heterocycles. The molecule has 0 radical (unpaired) electrons. The summed E-state index contributed by atoms with van der Waals surface area (Å²) in [5.41, 5.74) is 4.46. The highest BCUT2D eigenvalue weighted by Gasteiger charge is 2.19. The topological polar surface area (TPSA) is 24.9 Å². The van der Waals surface area contributed by atoms with E-state index in [-0.39, 0.29) is 0 Å². The summed E-state index contributed by atoms with van der Waals surface area (Å²) in [6, 6.07) is 7.21. The molecule has 0 spiro atoms. The zero-order chi connectivity index (χ0) is 11.0. The SMILES string of the molecule is C[C@H]1CC[C@H](c2ccc3scnc3c2)NC1. The average molecular weight is 232 g/mol. The lowest BCUT2D eigenvalue weighted by molar-refractivity contribution is 0.333. The van der Waals surface area contributed by atoms with Crippen molar-refractivity contribution in [2.75, 3.05) is 6.54 Å². The van der Waals surface area contributed by atoms with Gasteiger partial charge in [0.2, 0.25) is 0 Å². The number of aromatic nitrogens is 1. The van der Waals surface area contributed by atoms with Gasteiger partial charge >= 0.3 is 0 Å². The smallest absolute Gasteiger partial charge is 0.0815 e. The van der Waals surface area contributed by atoms with E-state index in [1.54, 1.807) is 11.3 Å². The molecule has 84 valence electrons. The van der Waals surface area contributed by atoms with Gasteiger partial charge in [0.15, 0.2) is 0 Å². The number of rotatable bonds is 1. The van der Waals surface area contributed by atoms with Gasteiger partial charge < -0.3 is 5.32 Å². The summed E-state index contributed by atoms with van der Waals surface area (Å²) >= 11 is 1.71. The fourth-order valence-electron chi connectivity index (χ4n) is 2.37. The summed E-state index contributed by atoms with van der Waals surface area (Å²) in [6.07, 6.45) is 2.57. The van der Waals surface area contributed by atoms with Crippen LogP contribution in [0.4, 0.5) is 0 Å². The predicted molar refractivity (Wildman–Crippen MR) is 68.8 cm³/mol. The monoisotopic (exact) mass is 232 g/mol. The maximum atomic E-state index is 4.38. The number of fused-ring (bicyclic) bond motifs is 1. The van der Waals surface area contributed by atoms with Crippen LogP contribution in [-0.2, 0) is 0 Å². The van der Waals surface area contributed by atoms with Crippen LogP contribution in [0.15, 0.2) is 23.7 Å². The van der Waals surface area contributed by atoms with Gasteiger partial charge in [-0.15, -0.1) is 11.3 Å². The van der Waals surface area contributed by atoms with Crippen molar-refractivity contribution >= 4 is 21.6 Å². The average Bonchev–Trinajstić information content (AvgIpc) is 2.77. The Balaban J connectivity index is 1.87. The van der Waals surface area contributed by atoms with E-state index in [4.69, 9.17) is 0 Å². The number of piperidine rings is 1. The summed E-state index contributed by atoms with van der Waals surface area (Å²) < 4.78 is 1.29. The van der Waals surface area contributed by atoms with Crippen LogP contribution in [0.2, 0.25) is 0 Å². The van der Waals surface area contributed by atoms with E-state index < -0.39 is 0 Å². The van der Waals surface area contributed by atoms with Crippen molar-refractivity contribution in [1.29, 1.82) is 0 Å². The molecule has 3 heteroatoms. The first-order valence-corrected chi connectivity index (χ1v) is 6.77. The van der Waals surface area contributed by atoms with Gasteiger partial charge in [-0.25, -0.2) is 4.98 Å². The summed E-state index contributed by atoms with van der Waals surface area (Å²) in [5.74, 6) is 0.819. The molecule has 1 aliphatic heterocycles. The van der Waals surface area contributed by atoms with Crippen molar-refractivity contribution in [3.05, 3.63) is 29.3 Å². The summed E-state index contributed by atoms with van der Waals surface area (Å²) in [7, 11) is 0. The molecule has 2 nitrogen and oxygen atoms in total. The summed E-state index contributed by atoms with van der Waals surface area (Å²) in [4.78, 5) is 4.38. The quantitative estimate of drug-likeness (QED) is 0.815. The van der Waals surface area contributed by atoms with Crippen LogP contribution in [-0.4, -0.2) is 11.5 Å². The zero-order valence-electron chi connectivity index (χ0n) is 9.44. The first-order chi connectivity index (χ1) is 7.83. The molecule has 3 rings (SSSR count). The van der Waals surface area contributed by atoms with Crippen LogP contribution in [0.25, 0.3) is 10.2 Å². The van der Waals surface area contributed by atoms with E-state index in [1.807, 2.05) is 5.51 Å². The molecule has 2 heterocycles. The van der Waals surface area contributed by atoms with Crippen LogP contribution in [0.1, 0.15) is 31.4 Å². The number of hydrogen-bond donors (Lipinski definition) is 1. The van der Waals surface area contributed by atoms with Crippen molar-refractivity contribution in [2.45, 2.75) is 25.8 Å². The lowest BCUT2D eigenvalue weighted by Gasteiger charge is -2.28. The molecule has 0 unspecified atom stereocenters. The van der Waals surface area contributed by atoms with Crippen LogP contribution < -0.4 is 5.32 Å². The van der Waals surface area contributed by atoms with E-state index in [1.165, 1.54) is 23.1 Å². The Bertz CT molecular complexity index is 483. The third-order valence-electron chi connectivity index (χ3n) is 3.42. The van der Waals surface area contributed by atoms with Gasteiger partial charge in [-0.2, -0.15) is 0 Å². The second kappa shape index (κ2) is 4.15. The van der Waals surface area contributed by atoms with E-state index in [0.717, 1.165) is 18.0 Å². The Morgan fingerprint density at radius 3 is 3.12 bits per heavy atom. The number of nitrogens with one attached hydrogen (secondary N) is 1. The minimum absolute atomic E-state index is 0.530. The molecular formula is C13H16N2S. The first-order valence-electron chi connectivity index (χ1n) is 5.89. The van der Waals surface area contributed by atoms with Gasteiger partial charge in [0.05, 0.1) is 15.7 Å². The second-order valence-electron chi connectivity index (χ2n) is 4.72. The Labute approximate surface area is 99.7 Å². The molecule has 16 heavy (non-hydrogen) atoms. The van der Waals surface area contributed by atoms with E-state index >= 15 is 0 Å². The highest BCUT2D eigenvalue weighted by atomic mass is 32.1. The van der Waals surface area contributed by atoms with Crippen molar-refractivity contribution in [1.82, 2.24) is 10.3 Å². The number of benzene rings is 1. The van der Waals surface area contributed by atoms with Crippen molar-refractivity contribution in [3.63, 3.8) is 0 Å². The Kier molecular flexibility index (Phi) is 2.65. The minimum Gasteiger partial charge on any atom is -0.310 e. The molecule has 0 amide bonds. The van der Waals surface area contributed by atoms with Crippen molar-refractivity contribution in [3.8, 4) is 0 Å². The fraction of sp³-hybridized carbons (Fsp3) is 0.462. The van der Waals surface area contributed by atoms with E-state index in [9.17, 15) is 0 Å². The van der Waals surface area contributed by atoms with Crippen LogP contribution in [0, 0.1) is 5.92 Å². The van der Waals surface area contributed by atoms with Crippen LogP contribution in [0.5, 0.6) is 0 Å². The molecule has 2 atom stereocenters. The van der Waals surface area contributed by atoms with Gasteiger partial charge in [0, 0.05) is 6.04 Å². The molecule has 1 aromatic carbocycles. The number of hydrogen-bond acceptors (Lipinski definition) is 3. The maximum Gasteiger partial charge on any atom is 0.0815 e. The third kappa shape index (κ3) is 1.85. The maximum absolute atomic E-state index is 4.38. The first kappa shape index (κ1) is 10.2. The molecule has 1 N–H and O–H groups in total. The molecule has 0 saturated carbocycles. The molecule has 1 fully saturated rings. The molecule has 0 aliphatic carbocycles.